The average Bonchev–Trinajstić information content (AvgIpc) is 3.13. The van der Waals surface area contributed by atoms with Crippen molar-refractivity contribution >= 4 is 29.2 Å². The highest BCUT2D eigenvalue weighted by Gasteiger charge is 2.42. The van der Waals surface area contributed by atoms with Gasteiger partial charge in [0.05, 0.1) is 12.5 Å². The molecule has 2 aromatic rings. The smallest absolute Gasteiger partial charge is 0.339 e. The summed E-state index contributed by atoms with van der Waals surface area (Å²) in [6.45, 7) is 0. The van der Waals surface area contributed by atoms with Crippen LogP contribution in [0, 0.1) is 0 Å². The molecule has 0 atom stereocenters. The Bertz CT molecular complexity index is 826. The van der Waals surface area contributed by atoms with Crippen molar-refractivity contribution in [3.05, 3.63) is 58.6 Å². The van der Waals surface area contributed by atoms with Crippen LogP contribution in [-0.4, -0.2) is 24.1 Å². The van der Waals surface area contributed by atoms with Crippen molar-refractivity contribution < 1.29 is 19.4 Å². The number of carboxylic acid groups (broad SMARTS) is 1. The highest BCUT2D eigenvalue weighted by Crippen LogP contribution is 2.42. The molecule has 3 rings (SSSR count). The molecule has 6 heteroatoms. The standard InChI is InChI=1S/C20H20ClNO4/c1-26-17-12-15(8-9-16(17)18(23)24)22-19(25)20(10-2-3-11-20)13-4-6-14(21)7-5-13/h4-9,12H,2-3,10-11H2,1H3,(H,22,25)(H,23,24). The van der Waals surface area contributed by atoms with Crippen molar-refractivity contribution in [3.8, 4) is 5.75 Å². The molecule has 136 valence electrons. The fourth-order valence-electron chi connectivity index (χ4n) is 3.59. The minimum absolute atomic E-state index is 0.0544. The molecule has 0 spiro atoms. The summed E-state index contributed by atoms with van der Waals surface area (Å²) >= 11 is 5.98. The topological polar surface area (TPSA) is 75.6 Å². The fourth-order valence-corrected chi connectivity index (χ4v) is 3.72. The molecule has 26 heavy (non-hydrogen) atoms. The van der Waals surface area contributed by atoms with Crippen LogP contribution in [0.1, 0.15) is 41.6 Å². The van der Waals surface area contributed by atoms with Gasteiger partial charge in [0, 0.05) is 16.8 Å². The van der Waals surface area contributed by atoms with Gasteiger partial charge in [-0.05, 0) is 42.7 Å². The minimum atomic E-state index is -1.08. The normalized spacial score (nSPS) is 15.5. The number of hydrogen-bond acceptors (Lipinski definition) is 3. The molecule has 0 aromatic heterocycles. The van der Waals surface area contributed by atoms with E-state index in [0.717, 1.165) is 31.2 Å². The molecule has 0 bridgehead atoms. The number of rotatable bonds is 5. The third-order valence-corrected chi connectivity index (χ3v) is 5.23. The molecule has 0 radical (unpaired) electrons. The van der Waals surface area contributed by atoms with Gasteiger partial charge >= 0.3 is 5.97 Å². The Hall–Kier alpha value is -2.53. The second-order valence-electron chi connectivity index (χ2n) is 6.47. The van der Waals surface area contributed by atoms with E-state index in [1.165, 1.54) is 19.2 Å². The molecule has 1 fully saturated rings. The lowest BCUT2D eigenvalue weighted by Crippen LogP contribution is -2.38. The average molecular weight is 374 g/mol. The van der Waals surface area contributed by atoms with Crippen LogP contribution in [0.15, 0.2) is 42.5 Å². The van der Waals surface area contributed by atoms with Crippen molar-refractivity contribution in [1.29, 1.82) is 0 Å². The van der Waals surface area contributed by atoms with Gasteiger partial charge in [0.25, 0.3) is 0 Å². The van der Waals surface area contributed by atoms with Gasteiger partial charge in [0.1, 0.15) is 11.3 Å². The largest absolute Gasteiger partial charge is 0.496 e. The first-order valence-electron chi connectivity index (χ1n) is 8.45. The quantitative estimate of drug-likeness (QED) is 0.809. The molecule has 2 aromatic carbocycles. The molecule has 1 aliphatic rings. The number of benzene rings is 2. The highest BCUT2D eigenvalue weighted by molar-refractivity contribution is 6.30. The van der Waals surface area contributed by atoms with E-state index in [1.54, 1.807) is 18.2 Å². The number of carboxylic acids is 1. The Labute approximate surface area is 156 Å². The number of halogens is 1. The Morgan fingerprint density at radius 3 is 2.35 bits per heavy atom. The summed E-state index contributed by atoms with van der Waals surface area (Å²) in [4.78, 5) is 24.3. The Morgan fingerprint density at radius 1 is 1.12 bits per heavy atom. The number of carbonyl (C=O) groups excluding carboxylic acids is 1. The summed E-state index contributed by atoms with van der Waals surface area (Å²) in [5.41, 5.74) is 0.922. The molecule has 0 saturated heterocycles. The summed E-state index contributed by atoms with van der Waals surface area (Å²) in [6.07, 6.45) is 3.50. The number of aromatic carboxylic acids is 1. The zero-order chi connectivity index (χ0) is 18.7. The number of ether oxygens (including phenoxy) is 1. The molecule has 0 heterocycles. The van der Waals surface area contributed by atoms with Crippen molar-refractivity contribution in [2.24, 2.45) is 0 Å². The van der Waals surface area contributed by atoms with Gasteiger partial charge in [-0.2, -0.15) is 0 Å². The number of amides is 1. The lowest BCUT2D eigenvalue weighted by molar-refractivity contribution is -0.121. The van der Waals surface area contributed by atoms with Crippen molar-refractivity contribution in [1.82, 2.24) is 0 Å². The molecule has 1 saturated carbocycles. The van der Waals surface area contributed by atoms with E-state index in [4.69, 9.17) is 16.3 Å². The number of hydrogen-bond donors (Lipinski definition) is 2. The lowest BCUT2D eigenvalue weighted by Gasteiger charge is -2.28. The van der Waals surface area contributed by atoms with E-state index >= 15 is 0 Å². The van der Waals surface area contributed by atoms with Gasteiger partial charge in [-0.15, -0.1) is 0 Å². The monoisotopic (exact) mass is 373 g/mol. The van der Waals surface area contributed by atoms with Gasteiger partial charge < -0.3 is 15.2 Å². The van der Waals surface area contributed by atoms with Gasteiger partial charge in [-0.3, -0.25) is 4.79 Å². The maximum absolute atomic E-state index is 13.1. The van der Waals surface area contributed by atoms with Crippen LogP contribution in [-0.2, 0) is 10.2 Å². The van der Waals surface area contributed by atoms with E-state index < -0.39 is 11.4 Å². The minimum Gasteiger partial charge on any atom is -0.496 e. The second kappa shape index (κ2) is 7.38. The number of carbonyl (C=O) groups is 2. The SMILES string of the molecule is COc1cc(NC(=O)C2(c3ccc(Cl)cc3)CCCC2)ccc1C(=O)O. The van der Waals surface area contributed by atoms with Crippen molar-refractivity contribution in [2.75, 3.05) is 12.4 Å². The summed E-state index contributed by atoms with van der Waals surface area (Å²) in [7, 11) is 1.40. The first-order valence-corrected chi connectivity index (χ1v) is 8.83. The molecule has 1 aliphatic carbocycles. The van der Waals surface area contributed by atoms with Crippen LogP contribution >= 0.6 is 11.6 Å². The molecular weight excluding hydrogens is 354 g/mol. The summed E-state index contributed by atoms with van der Waals surface area (Å²) < 4.78 is 5.13. The van der Waals surface area contributed by atoms with Crippen molar-refractivity contribution in [2.45, 2.75) is 31.1 Å². The molecular formula is C20H20ClNO4. The molecule has 2 N–H and O–H groups in total. The van der Waals surface area contributed by atoms with Crippen LogP contribution in [0.25, 0.3) is 0 Å². The van der Waals surface area contributed by atoms with E-state index in [9.17, 15) is 14.7 Å². The van der Waals surface area contributed by atoms with Gasteiger partial charge in [-0.25, -0.2) is 4.79 Å². The number of methoxy groups -OCH3 is 1. The maximum Gasteiger partial charge on any atom is 0.339 e. The van der Waals surface area contributed by atoms with E-state index in [2.05, 4.69) is 5.32 Å². The van der Waals surface area contributed by atoms with Crippen LogP contribution in [0.5, 0.6) is 5.75 Å². The first kappa shape index (κ1) is 18.3. The van der Waals surface area contributed by atoms with Crippen LogP contribution in [0.3, 0.4) is 0 Å². The first-order chi connectivity index (χ1) is 12.5. The Kier molecular flexibility index (Phi) is 5.18. The summed E-state index contributed by atoms with van der Waals surface area (Å²) in [5, 5.41) is 12.7. The Balaban J connectivity index is 1.90. The highest BCUT2D eigenvalue weighted by atomic mass is 35.5. The van der Waals surface area contributed by atoms with Gasteiger partial charge in [-0.1, -0.05) is 36.6 Å². The Morgan fingerprint density at radius 2 is 1.77 bits per heavy atom. The molecule has 0 aliphatic heterocycles. The van der Waals surface area contributed by atoms with Crippen LogP contribution < -0.4 is 10.1 Å². The predicted octanol–water partition coefficient (Wildman–Crippen LogP) is 4.50. The van der Waals surface area contributed by atoms with Gasteiger partial charge in [0.2, 0.25) is 5.91 Å². The second-order valence-corrected chi connectivity index (χ2v) is 6.91. The van der Waals surface area contributed by atoms with E-state index in [0.29, 0.717) is 10.7 Å². The van der Waals surface area contributed by atoms with Crippen molar-refractivity contribution in [3.63, 3.8) is 0 Å². The van der Waals surface area contributed by atoms with E-state index in [1.807, 2.05) is 12.1 Å². The maximum atomic E-state index is 13.1. The van der Waals surface area contributed by atoms with Crippen LogP contribution in [0.2, 0.25) is 5.02 Å². The third kappa shape index (κ3) is 3.40. The van der Waals surface area contributed by atoms with Gasteiger partial charge in [0.15, 0.2) is 0 Å². The zero-order valence-corrected chi connectivity index (χ0v) is 15.2. The third-order valence-electron chi connectivity index (χ3n) is 4.98. The molecule has 0 unspecified atom stereocenters. The number of nitrogens with one attached hydrogen (secondary N) is 1. The molecule has 5 nitrogen and oxygen atoms in total. The van der Waals surface area contributed by atoms with E-state index in [-0.39, 0.29) is 17.2 Å². The van der Waals surface area contributed by atoms with Crippen LogP contribution in [0.4, 0.5) is 5.69 Å². The predicted molar refractivity (Wildman–Crippen MR) is 100 cm³/mol. The fraction of sp³-hybridized carbons (Fsp3) is 0.300. The lowest BCUT2D eigenvalue weighted by atomic mass is 9.78. The summed E-state index contributed by atoms with van der Waals surface area (Å²) in [5.74, 6) is -0.960. The zero-order valence-electron chi connectivity index (χ0n) is 14.4. The number of anilines is 1. The molecule has 1 amide bonds. The summed E-state index contributed by atoms with van der Waals surface area (Å²) in [6, 6.07) is 12.0.